The zero-order chi connectivity index (χ0) is 16.4. The molecule has 0 saturated carbocycles. The van der Waals surface area contributed by atoms with Crippen molar-refractivity contribution in [2.24, 2.45) is 0 Å². The Morgan fingerprint density at radius 1 is 1.22 bits per heavy atom. The fourth-order valence-electron chi connectivity index (χ4n) is 2.39. The molecule has 0 radical (unpaired) electrons. The molecule has 3 rings (SSSR count). The van der Waals surface area contributed by atoms with Crippen molar-refractivity contribution in [2.45, 2.75) is 26.7 Å². The van der Waals surface area contributed by atoms with Crippen LogP contribution < -0.4 is 5.32 Å². The Kier molecular flexibility index (Phi) is 4.54. The lowest BCUT2D eigenvalue weighted by Crippen LogP contribution is -2.13. The van der Waals surface area contributed by atoms with Crippen LogP contribution in [0, 0.1) is 13.8 Å². The first-order valence-corrected chi connectivity index (χ1v) is 8.97. The van der Waals surface area contributed by atoms with Gasteiger partial charge in [-0.2, -0.15) is 0 Å². The molecular formula is C17H16N2O2S2. The van der Waals surface area contributed by atoms with Crippen LogP contribution >= 0.6 is 22.7 Å². The molecular weight excluding hydrogens is 328 g/mol. The maximum atomic E-state index is 12.0. The Balaban J connectivity index is 1.64. The number of hydrogen-bond acceptors (Lipinski definition) is 5. The highest BCUT2D eigenvalue weighted by atomic mass is 32.1. The van der Waals surface area contributed by atoms with Gasteiger partial charge in [0.2, 0.25) is 5.91 Å². The van der Waals surface area contributed by atoms with E-state index in [1.165, 1.54) is 28.2 Å². The summed E-state index contributed by atoms with van der Waals surface area (Å²) < 4.78 is 1.06. The Bertz CT molecular complexity index is 866. The van der Waals surface area contributed by atoms with Gasteiger partial charge in [-0.3, -0.25) is 9.59 Å². The van der Waals surface area contributed by atoms with Crippen molar-refractivity contribution in [1.29, 1.82) is 0 Å². The standard InChI is InChI=1S/C17H16N2O2S2/c1-10-8-11(2)16-14(9-10)23-17(19-16)18-15(21)6-5-12(20)13-4-3-7-22-13/h3-4,7-9H,5-6H2,1-2H3,(H,18,19,21). The van der Waals surface area contributed by atoms with Crippen LogP contribution in [-0.2, 0) is 4.79 Å². The van der Waals surface area contributed by atoms with Crippen molar-refractivity contribution >= 4 is 49.7 Å². The van der Waals surface area contributed by atoms with Gasteiger partial charge in [-0.15, -0.1) is 11.3 Å². The monoisotopic (exact) mass is 344 g/mol. The van der Waals surface area contributed by atoms with E-state index in [2.05, 4.69) is 22.4 Å². The second-order valence-corrected chi connectivity index (χ2v) is 7.37. The number of carbonyl (C=O) groups is 2. The Labute approximate surface area is 142 Å². The molecule has 0 spiro atoms. The summed E-state index contributed by atoms with van der Waals surface area (Å²) in [6.07, 6.45) is 0.389. The van der Waals surface area contributed by atoms with Gasteiger partial charge in [0.15, 0.2) is 10.9 Å². The number of thiazole rings is 1. The molecule has 1 amide bonds. The zero-order valence-corrected chi connectivity index (χ0v) is 14.5. The first-order valence-electron chi connectivity index (χ1n) is 7.27. The molecule has 2 heterocycles. The molecule has 3 aromatic rings. The molecule has 2 aromatic heterocycles. The fourth-order valence-corrected chi connectivity index (χ4v) is 4.15. The molecule has 0 bridgehead atoms. The van der Waals surface area contributed by atoms with Crippen LogP contribution in [0.1, 0.15) is 33.6 Å². The van der Waals surface area contributed by atoms with Crippen LogP contribution in [0.2, 0.25) is 0 Å². The highest BCUT2D eigenvalue weighted by Gasteiger charge is 2.13. The number of aryl methyl sites for hydroxylation is 2. The number of carbonyl (C=O) groups excluding carboxylic acids is 2. The van der Waals surface area contributed by atoms with Crippen LogP contribution in [0.5, 0.6) is 0 Å². The van der Waals surface area contributed by atoms with E-state index >= 15 is 0 Å². The maximum Gasteiger partial charge on any atom is 0.226 e. The van der Waals surface area contributed by atoms with E-state index in [0.717, 1.165) is 15.8 Å². The highest BCUT2D eigenvalue weighted by Crippen LogP contribution is 2.29. The summed E-state index contributed by atoms with van der Waals surface area (Å²) in [6.45, 7) is 4.06. The summed E-state index contributed by atoms with van der Waals surface area (Å²) in [5.41, 5.74) is 3.20. The van der Waals surface area contributed by atoms with E-state index < -0.39 is 0 Å². The van der Waals surface area contributed by atoms with E-state index in [1.807, 2.05) is 25.3 Å². The van der Waals surface area contributed by atoms with Gasteiger partial charge in [-0.25, -0.2) is 4.98 Å². The van der Waals surface area contributed by atoms with Crippen LogP contribution in [0.15, 0.2) is 29.6 Å². The van der Waals surface area contributed by atoms with E-state index in [1.54, 1.807) is 6.07 Å². The Morgan fingerprint density at radius 3 is 2.78 bits per heavy atom. The quantitative estimate of drug-likeness (QED) is 0.689. The third-order valence-electron chi connectivity index (χ3n) is 3.45. The van der Waals surface area contributed by atoms with Gasteiger partial charge >= 0.3 is 0 Å². The van der Waals surface area contributed by atoms with Crippen molar-refractivity contribution in [3.63, 3.8) is 0 Å². The van der Waals surface area contributed by atoms with Gasteiger partial charge in [-0.1, -0.05) is 23.5 Å². The summed E-state index contributed by atoms with van der Waals surface area (Å²) in [4.78, 5) is 29.1. The number of hydrogen-bond donors (Lipinski definition) is 1. The minimum absolute atomic E-state index is 0.00548. The number of rotatable bonds is 5. The van der Waals surface area contributed by atoms with Gasteiger partial charge in [-0.05, 0) is 42.5 Å². The minimum atomic E-state index is -0.177. The lowest BCUT2D eigenvalue weighted by atomic mass is 10.1. The van der Waals surface area contributed by atoms with Crippen molar-refractivity contribution in [2.75, 3.05) is 5.32 Å². The van der Waals surface area contributed by atoms with E-state index in [9.17, 15) is 9.59 Å². The van der Waals surface area contributed by atoms with E-state index in [0.29, 0.717) is 10.0 Å². The molecule has 4 nitrogen and oxygen atoms in total. The number of aromatic nitrogens is 1. The predicted octanol–water partition coefficient (Wildman–Crippen LogP) is 4.58. The number of fused-ring (bicyclic) bond motifs is 1. The van der Waals surface area contributed by atoms with Crippen LogP contribution in [-0.4, -0.2) is 16.7 Å². The first kappa shape index (κ1) is 15.8. The lowest BCUT2D eigenvalue weighted by Gasteiger charge is -2.00. The van der Waals surface area contributed by atoms with E-state index in [-0.39, 0.29) is 24.5 Å². The molecule has 23 heavy (non-hydrogen) atoms. The molecule has 0 aliphatic carbocycles. The molecule has 1 N–H and O–H groups in total. The summed E-state index contributed by atoms with van der Waals surface area (Å²) in [5, 5.41) is 5.24. The molecule has 0 atom stereocenters. The second-order valence-electron chi connectivity index (χ2n) is 5.40. The summed E-state index contributed by atoms with van der Waals surface area (Å²) >= 11 is 2.86. The normalized spacial score (nSPS) is 10.9. The molecule has 0 aliphatic rings. The van der Waals surface area contributed by atoms with Gasteiger partial charge in [0.1, 0.15) is 0 Å². The van der Waals surface area contributed by atoms with Crippen LogP contribution in [0.3, 0.4) is 0 Å². The van der Waals surface area contributed by atoms with Gasteiger partial charge in [0.05, 0.1) is 15.1 Å². The number of benzene rings is 1. The van der Waals surface area contributed by atoms with Crippen molar-refractivity contribution in [1.82, 2.24) is 4.98 Å². The minimum Gasteiger partial charge on any atom is -0.302 e. The molecule has 0 fully saturated rings. The first-order chi connectivity index (χ1) is 11.0. The number of thiophene rings is 1. The summed E-state index contributed by atoms with van der Waals surface area (Å²) in [5.74, 6) is -0.172. The average Bonchev–Trinajstić information content (AvgIpc) is 3.14. The lowest BCUT2D eigenvalue weighted by molar-refractivity contribution is -0.116. The zero-order valence-electron chi connectivity index (χ0n) is 12.9. The van der Waals surface area contributed by atoms with Gasteiger partial charge in [0.25, 0.3) is 0 Å². The third-order valence-corrected chi connectivity index (χ3v) is 5.28. The Morgan fingerprint density at radius 2 is 2.04 bits per heavy atom. The predicted molar refractivity (Wildman–Crippen MR) is 95.6 cm³/mol. The summed E-state index contributed by atoms with van der Waals surface area (Å²) in [6, 6.07) is 7.76. The number of nitrogens with one attached hydrogen (secondary N) is 1. The number of anilines is 1. The molecule has 0 saturated heterocycles. The summed E-state index contributed by atoms with van der Waals surface area (Å²) in [7, 11) is 0. The number of ketones is 1. The number of Topliss-reactive ketones (excluding diaryl/α,β-unsaturated/α-hetero) is 1. The fraction of sp³-hybridized carbons (Fsp3) is 0.235. The smallest absolute Gasteiger partial charge is 0.226 e. The van der Waals surface area contributed by atoms with E-state index in [4.69, 9.17) is 0 Å². The second kappa shape index (κ2) is 6.60. The van der Waals surface area contributed by atoms with Gasteiger partial charge in [0, 0.05) is 12.8 Å². The van der Waals surface area contributed by atoms with Crippen molar-refractivity contribution in [3.8, 4) is 0 Å². The largest absolute Gasteiger partial charge is 0.302 e. The number of nitrogens with zero attached hydrogens (tertiary/aromatic N) is 1. The topological polar surface area (TPSA) is 59.1 Å². The maximum absolute atomic E-state index is 12.0. The molecule has 0 unspecified atom stereocenters. The van der Waals surface area contributed by atoms with Crippen LogP contribution in [0.25, 0.3) is 10.2 Å². The SMILES string of the molecule is Cc1cc(C)c2nc(NC(=O)CCC(=O)c3cccs3)sc2c1. The molecule has 1 aromatic carbocycles. The highest BCUT2D eigenvalue weighted by molar-refractivity contribution is 7.22. The molecule has 118 valence electrons. The van der Waals surface area contributed by atoms with Crippen LogP contribution in [0.4, 0.5) is 5.13 Å². The van der Waals surface area contributed by atoms with Crippen molar-refractivity contribution in [3.05, 3.63) is 45.6 Å². The average molecular weight is 344 g/mol. The van der Waals surface area contributed by atoms with Gasteiger partial charge < -0.3 is 5.32 Å². The number of amides is 1. The molecule has 6 heteroatoms. The molecule has 0 aliphatic heterocycles. The van der Waals surface area contributed by atoms with Crippen molar-refractivity contribution < 1.29 is 9.59 Å². The third kappa shape index (κ3) is 3.65. The Hall–Kier alpha value is -2.05.